The van der Waals surface area contributed by atoms with Crippen LogP contribution in [0.15, 0.2) is 36.4 Å². The Balaban J connectivity index is 2.19. The molecule has 0 fully saturated rings. The van der Waals surface area contributed by atoms with Crippen molar-refractivity contribution < 1.29 is 9.53 Å². The molecule has 2 aromatic carbocycles. The Hall–Kier alpha value is -1.53. The summed E-state index contributed by atoms with van der Waals surface area (Å²) in [5, 5.41) is 3.12. The van der Waals surface area contributed by atoms with Crippen molar-refractivity contribution in [3.05, 3.63) is 62.6 Å². The van der Waals surface area contributed by atoms with Gasteiger partial charge in [0.1, 0.15) is 6.61 Å². The molecule has 2 rings (SSSR count). The zero-order chi connectivity index (χ0) is 17.0. The molecule has 0 atom stereocenters. The first-order chi connectivity index (χ1) is 10.9. The van der Waals surface area contributed by atoms with Crippen LogP contribution in [0, 0.1) is 0 Å². The maximum Gasteiger partial charge on any atom is 0.257 e. The van der Waals surface area contributed by atoms with Crippen molar-refractivity contribution in [2.45, 2.75) is 6.61 Å². The Morgan fingerprint density at radius 2 is 1.74 bits per heavy atom. The molecule has 0 saturated carbocycles. The van der Waals surface area contributed by atoms with Crippen LogP contribution in [0.2, 0.25) is 15.1 Å². The SMILES string of the molecule is NC(=S)NC(=O)c1cc(Cl)c(OCc2ccccc2Cl)c(Cl)c1. The van der Waals surface area contributed by atoms with Gasteiger partial charge in [-0.3, -0.25) is 10.1 Å². The van der Waals surface area contributed by atoms with Crippen molar-refractivity contribution >= 4 is 58.0 Å². The highest BCUT2D eigenvalue weighted by Gasteiger charge is 2.15. The summed E-state index contributed by atoms with van der Waals surface area (Å²) in [6, 6.07) is 10.1. The molecule has 120 valence electrons. The van der Waals surface area contributed by atoms with Crippen molar-refractivity contribution in [1.82, 2.24) is 5.32 Å². The van der Waals surface area contributed by atoms with E-state index in [0.717, 1.165) is 5.56 Å². The zero-order valence-corrected chi connectivity index (χ0v) is 14.7. The number of halogens is 3. The van der Waals surface area contributed by atoms with E-state index < -0.39 is 5.91 Å². The first-order valence-corrected chi connectivity index (χ1v) is 7.88. The molecular formula is C15H11Cl3N2O2S. The number of carbonyl (C=O) groups excluding carboxylic acids is 1. The first-order valence-electron chi connectivity index (χ1n) is 6.34. The molecule has 0 aliphatic heterocycles. The van der Waals surface area contributed by atoms with Gasteiger partial charge in [0.15, 0.2) is 10.9 Å². The quantitative estimate of drug-likeness (QED) is 0.769. The van der Waals surface area contributed by atoms with Crippen LogP contribution in [0.4, 0.5) is 0 Å². The van der Waals surface area contributed by atoms with Crippen molar-refractivity contribution in [2.24, 2.45) is 5.73 Å². The Bertz CT molecular complexity index is 745. The maximum absolute atomic E-state index is 11.8. The number of hydrogen-bond acceptors (Lipinski definition) is 3. The van der Waals surface area contributed by atoms with Crippen molar-refractivity contribution in [3.63, 3.8) is 0 Å². The second-order valence-corrected chi connectivity index (χ2v) is 6.13. The minimum Gasteiger partial charge on any atom is -0.486 e. The van der Waals surface area contributed by atoms with Crippen LogP contribution in [-0.2, 0) is 6.61 Å². The van der Waals surface area contributed by atoms with E-state index in [1.807, 2.05) is 18.2 Å². The van der Waals surface area contributed by atoms with Crippen LogP contribution >= 0.6 is 47.0 Å². The molecule has 0 saturated heterocycles. The smallest absolute Gasteiger partial charge is 0.257 e. The molecule has 3 N–H and O–H groups in total. The highest BCUT2D eigenvalue weighted by molar-refractivity contribution is 7.80. The molecule has 0 bridgehead atoms. The van der Waals surface area contributed by atoms with E-state index in [1.165, 1.54) is 12.1 Å². The van der Waals surface area contributed by atoms with Gasteiger partial charge in [-0.2, -0.15) is 0 Å². The fourth-order valence-corrected chi connectivity index (χ4v) is 2.66. The summed E-state index contributed by atoms with van der Waals surface area (Å²) in [5.41, 5.74) is 6.27. The average Bonchev–Trinajstić information content (AvgIpc) is 2.47. The molecule has 0 aliphatic carbocycles. The lowest BCUT2D eigenvalue weighted by molar-refractivity contribution is 0.0977. The van der Waals surface area contributed by atoms with Crippen LogP contribution in [0.1, 0.15) is 15.9 Å². The van der Waals surface area contributed by atoms with E-state index in [9.17, 15) is 4.79 Å². The zero-order valence-electron chi connectivity index (χ0n) is 11.6. The van der Waals surface area contributed by atoms with Crippen molar-refractivity contribution in [3.8, 4) is 5.75 Å². The topological polar surface area (TPSA) is 64.3 Å². The third-order valence-electron chi connectivity index (χ3n) is 2.83. The molecule has 0 aliphatic rings. The second kappa shape index (κ2) is 7.84. The normalized spacial score (nSPS) is 10.2. The number of nitrogens with one attached hydrogen (secondary N) is 1. The van der Waals surface area contributed by atoms with Crippen LogP contribution in [0.25, 0.3) is 0 Å². The summed E-state index contributed by atoms with van der Waals surface area (Å²) in [6.07, 6.45) is 0. The molecular weight excluding hydrogens is 379 g/mol. The van der Waals surface area contributed by atoms with Gasteiger partial charge >= 0.3 is 0 Å². The molecule has 0 radical (unpaired) electrons. The fraction of sp³-hybridized carbons (Fsp3) is 0.0667. The maximum atomic E-state index is 11.8. The minimum atomic E-state index is -0.501. The predicted octanol–water partition coefficient (Wildman–Crippen LogP) is 4.20. The molecule has 0 aromatic heterocycles. The predicted molar refractivity (Wildman–Crippen MR) is 96.5 cm³/mol. The molecule has 8 heteroatoms. The lowest BCUT2D eigenvalue weighted by Gasteiger charge is -2.12. The number of benzene rings is 2. The molecule has 0 heterocycles. The molecule has 4 nitrogen and oxygen atoms in total. The number of rotatable bonds is 4. The molecule has 0 unspecified atom stereocenters. The second-order valence-electron chi connectivity index (χ2n) is 4.47. The number of hydrogen-bond donors (Lipinski definition) is 2. The van der Waals surface area contributed by atoms with E-state index in [1.54, 1.807) is 6.07 Å². The Labute approximate surface area is 153 Å². The van der Waals surface area contributed by atoms with E-state index >= 15 is 0 Å². The van der Waals surface area contributed by atoms with Crippen LogP contribution in [0.3, 0.4) is 0 Å². The summed E-state index contributed by atoms with van der Waals surface area (Å²) in [5.74, 6) is -0.237. The monoisotopic (exact) mass is 388 g/mol. The van der Waals surface area contributed by atoms with Gasteiger partial charge in [0.2, 0.25) is 0 Å². The standard InChI is InChI=1S/C15H11Cl3N2O2S/c16-10-4-2-1-3-8(10)7-22-13-11(17)5-9(6-12(13)18)14(21)20-15(19)23/h1-6H,7H2,(H3,19,20,21,23). The van der Waals surface area contributed by atoms with E-state index in [4.69, 9.17) is 45.3 Å². The summed E-state index contributed by atoms with van der Waals surface area (Å²) in [4.78, 5) is 11.8. The Kier molecular flexibility index (Phi) is 6.07. The number of amides is 1. The number of carbonyl (C=O) groups is 1. The third-order valence-corrected chi connectivity index (χ3v) is 3.86. The van der Waals surface area contributed by atoms with Gasteiger partial charge in [-0.1, -0.05) is 53.0 Å². The van der Waals surface area contributed by atoms with Gasteiger partial charge in [0, 0.05) is 16.1 Å². The fourth-order valence-electron chi connectivity index (χ4n) is 1.78. The summed E-state index contributed by atoms with van der Waals surface area (Å²) in [6.45, 7) is 0.192. The highest BCUT2D eigenvalue weighted by atomic mass is 35.5. The van der Waals surface area contributed by atoms with Crippen molar-refractivity contribution in [2.75, 3.05) is 0 Å². The van der Waals surface area contributed by atoms with Crippen molar-refractivity contribution in [1.29, 1.82) is 0 Å². The molecule has 0 spiro atoms. The number of nitrogens with two attached hydrogens (primary N) is 1. The lowest BCUT2D eigenvalue weighted by Crippen LogP contribution is -2.34. The highest BCUT2D eigenvalue weighted by Crippen LogP contribution is 2.35. The lowest BCUT2D eigenvalue weighted by atomic mass is 10.2. The third kappa shape index (κ3) is 4.72. The molecule has 23 heavy (non-hydrogen) atoms. The molecule has 1 amide bonds. The van der Waals surface area contributed by atoms with Gasteiger partial charge in [-0.25, -0.2) is 0 Å². The number of thiocarbonyl (C=S) groups is 1. The van der Waals surface area contributed by atoms with Gasteiger partial charge in [-0.05, 0) is 30.4 Å². The number of ether oxygens (including phenoxy) is 1. The summed E-state index contributed by atoms with van der Waals surface area (Å²) in [7, 11) is 0. The van der Waals surface area contributed by atoms with E-state index in [-0.39, 0.29) is 33.1 Å². The Morgan fingerprint density at radius 1 is 1.13 bits per heavy atom. The van der Waals surface area contributed by atoms with E-state index in [0.29, 0.717) is 5.02 Å². The summed E-state index contributed by atoms with van der Waals surface area (Å²) >= 11 is 22.9. The Morgan fingerprint density at radius 3 is 2.30 bits per heavy atom. The van der Waals surface area contributed by atoms with Crippen LogP contribution in [-0.4, -0.2) is 11.0 Å². The van der Waals surface area contributed by atoms with E-state index in [2.05, 4.69) is 17.5 Å². The van der Waals surface area contributed by atoms with Gasteiger partial charge in [0.25, 0.3) is 5.91 Å². The first kappa shape index (κ1) is 17.8. The van der Waals surface area contributed by atoms with Crippen LogP contribution < -0.4 is 15.8 Å². The van der Waals surface area contributed by atoms with Crippen LogP contribution in [0.5, 0.6) is 5.75 Å². The largest absolute Gasteiger partial charge is 0.486 e. The van der Waals surface area contributed by atoms with Gasteiger partial charge in [-0.15, -0.1) is 0 Å². The summed E-state index contributed by atoms with van der Waals surface area (Å²) < 4.78 is 5.62. The average molecular weight is 390 g/mol. The van der Waals surface area contributed by atoms with Gasteiger partial charge < -0.3 is 10.5 Å². The van der Waals surface area contributed by atoms with Gasteiger partial charge in [0.05, 0.1) is 10.0 Å². The minimum absolute atomic E-state index is 0.138. The molecule has 2 aromatic rings.